The Morgan fingerprint density at radius 2 is 1.51 bits per heavy atom. The number of thioether (sulfide) groups is 1. The molecule has 0 saturated carbocycles. The van der Waals surface area contributed by atoms with Crippen LogP contribution >= 0.6 is 23.8 Å². The first kappa shape index (κ1) is 51.8. The molecule has 0 spiro atoms. The van der Waals surface area contributed by atoms with Gasteiger partial charge in [0, 0.05) is 21.7 Å². The van der Waals surface area contributed by atoms with Crippen LogP contribution < -0.4 is 10.6 Å². The average Bonchev–Trinajstić information content (AvgIpc) is 3.22. The predicted molar refractivity (Wildman–Crippen MR) is 223 cm³/mol. The van der Waals surface area contributed by atoms with Crippen molar-refractivity contribution in [2.75, 3.05) is 28.7 Å². The van der Waals surface area contributed by atoms with Crippen LogP contribution in [0, 0.1) is 0 Å². The van der Waals surface area contributed by atoms with Gasteiger partial charge in [0.1, 0.15) is 5.69 Å². The molecule has 0 aliphatic heterocycles. The minimum Gasteiger partial charge on any atom is -0.573 e. The molecule has 348 valence electrons. The van der Waals surface area contributed by atoms with Crippen molar-refractivity contribution in [3.05, 3.63) is 101 Å². The monoisotopic (exact) mass is 1040 g/mol. The Kier molecular flexibility index (Phi) is 18.2. The van der Waals surface area contributed by atoms with Gasteiger partial charge in [-0.05, 0) is 48.5 Å². The van der Waals surface area contributed by atoms with E-state index in [1.165, 1.54) is 42.5 Å². The van der Waals surface area contributed by atoms with Crippen molar-refractivity contribution < 1.29 is 95.1 Å². The van der Waals surface area contributed by atoms with Crippen LogP contribution in [0.1, 0.15) is 15.9 Å². The first-order valence-electron chi connectivity index (χ1n) is 16.9. The summed E-state index contributed by atoms with van der Waals surface area (Å²) >= 11 is 1.13. The smallest absolute Gasteiger partial charge is 0.573 e. The van der Waals surface area contributed by atoms with E-state index in [-0.39, 0.29) is 66.3 Å². The molecule has 0 bridgehead atoms. The molecule has 0 aliphatic carbocycles. The maximum absolute atomic E-state index is 12.6. The fourth-order valence-electron chi connectivity index (χ4n) is 4.74. The van der Waals surface area contributed by atoms with E-state index in [1.807, 2.05) is 0 Å². The van der Waals surface area contributed by atoms with Crippen molar-refractivity contribution in [2.45, 2.75) is 19.8 Å². The van der Waals surface area contributed by atoms with Crippen LogP contribution in [-0.4, -0.2) is 106 Å². The number of rotatable bonds is 21. The van der Waals surface area contributed by atoms with E-state index in [0.717, 1.165) is 24.3 Å². The number of nitrogens with one attached hydrogen (secondary N) is 2. The summed E-state index contributed by atoms with van der Waals surface area (Å²) in [6.45, 7) is -0.863. The summed E-state index contributed by atoms with van der Waals surface area (Å²) in [6, 6.07) is 17.9. The minimum absolute atomic E-state index is 0. The van der Waals surface area contributed by atoms with Gasteiger partial charge in [-0.25, -0.2) is 22.7 Å². The number of phenols is 1. The normalized spacial score (nSPS) is 12.1. The maximum Gasteiger partial charge on any atom is 1.00 e. The molecule has 0 saturated heterocycles. The van der Waals surface area contributed by atoms with Gasteiger partial charge in [-0.3, -0.25) is 13.9 Å². The van der Waals surface area contributed by atoms with Crippen molar-refractivity contribution >= 4 is 107 Å². The molecule has 5 rings (SSSR count). The zero-order valence-electron chi connectivity index (χ0n) is 31.9. The molecule has 32 heteroatoms. The van der Waals surface area contributed by atoms with Gasteiger partial charge in [0.15, 0.2) is 26.6 Å². The first-order chi connectivity index (χ1) is 30.2. The second-order valence-electron chi connectivity index (χ2n) is 11.9. The first-order valence-corrected chi connectivity index (χ1v) is 23.1. The van der Waals surface area contributed by atoms with E-state index in [1.54, 1.807) is 18.2 Å². The molecule has 26 nitrogen and oxygen atoms in total. The predicted octanol–water partition coefficient (Wildman–Crippen LogP) is 5.36. The average molecular weight is 1050 g/mol. The number of phenolic OH excluding ortho intramolecular Hbond substituents is 1. The van der Waals surface area contributed by atoms with Crippen LogP contribution in [0.15, 0.2) is 120 Å². The fraction of sp³-hybridized carbons (Fsp3) is 0.0909. The number of anilines is 4. The van der Waals surface area contributed by atoms with Gasteiger partial charge in [0.2, 0.25) is 11.9 Å². The number of amidine groups is 1. The number of azo groups is 1. The maximum atomic E-state index is 12.6. The number of sulfone groups is 1. The molecule has 0 atom stereocenters. The number of carboxylic acid groups (broad SMARTS) is 2. The van der Waals surface area contributed by atoms with Crippen LogP contribution in [0.25, 0.3) is 5.43 Å². The van der Waals surface area contributed by atoms with Crippen molar-refractivity contribution in [1.82, 2.24) is 15.0 Å². The van der Waals surface area contributed by atoms with Crippen molar-refractivity contribution in [1.29, 1.82) is 0 Å². The Labute approximate surface area is 385 Å². The van der Waals surface area contributed by atoms with Gasteiger partial charge in [0.05, 0.1) is 45.6 Å². The Hall–Kier alpha value is -5.87. The van der Waals surface area contributed by atoms with E-state index >= 15 is 0 Å². The van der Waals surface area contributed by atoms with E-state index in [2.05, 4.69) is 59.9 Å². The van der Waals surface area contributed by atoms with Gasteiger partial charge in [-0.2, -0.15) is 31.8 Å². The second-order valence-corrected chi connectivity index (χ2v) is 18.2. The molecule has 1 heterocycles. The Bertz CT molecular complexity index is 2940. The second kappa shape index (κ2) is 22.8. The van der Waals surface area contributed by atoms with Crippen LogP contribution in [0.3, 0.4) is 0 Å². The standard InChI is InChI=1S/C33H29N9O17S5.Cu/c43-27(44)17-60-33-37-31(34-19-6-9-21(10-7-19)62(49,50)13-12-57-64(54,55)56)36-32(38-33)35-25-15-22(63(51,52)53)16-26(28(25)45)40-42-29(18-4-2-1-3-5-18)41-39-24-14-20(61-59-58-48)8-11-23(24)30(46)47;/h1-11,14-16H,12-13,17H2,(H9,34,35,36,37,38,39,40,41,42,43,44,45,46,47,48,51,52,53,54,55,56);/q;+1/p-1. The minimum atomic E-state index is -5.04. The Morgan fingerprint density at radius 3 is 2.12 bits per heavy atom. The topological polar surface area (TPSA) is 400 Å². The molecule has 1 aromatic heterocycles. The van der Waals surface area contributed by atoms with Crippen molar-refractivity contribution in [3.63, 3.8) is 0 Å². The summed E-state index contributed by atoms with van der Waals surface area (Å²) < 4.78 is 98.7. The third kappa shape index (κ3) is 15.7. The Morgan fingerprint density at radius 1 is 0.831 bits per heavy atom. The number of aromatic nitrogens is 3. The number of benzene rings is 4. The molecular formula is C33H28CuN9O17S5. The molecule has 8 N–H and O–H groups in total. The van der Waals surface area contributed by atoms with Crippen molar-refractivity contribution in [3.8, 4) is 5.75 Å². The van der Waals surface area contributed by atoms with E-state index < -0.39 is 88.4 Å². The number of aromatic hydroxyl groups is 1. The van der Waals surface area contributed by atoms with E-state index in [9.17, 15) is 54.7 Å². The summed E-state index contributed by atoms with van der Waals surface area (Å²) in [6.07, 6.45) is 0. The third-order valence-corrected chi connectivity index (χ3v) is 11.9. The molecule has 0 unspecified atom stereocenters. The number of carbonyl (C=O) groups is 2. The number of aromatic carboxylic acids is 1. The number of nitrogens with zero attached hydrogens (tertiary/aromatic N) is 7. The number of hydrogen-bond donors (Lipinski definition) is 8. The summed E-state index contributed by atoms with van der Waals surface area (Å²) in [4.78, 5) is 34.8. The molecule has 0 aliphatic rings. The van der Waals surface area contributed by atoms with E-state index in [0.29, 0.717) is 23.8 Å². The largest absolute Gasteiger partial charge is 1.00 e. The molecule has 0 radical (unpaired) electrons. The molecule has 65 heavy (non-hydrogen) atoms. The van der Waals surface area contributed by atoms with Gasteiger partial charge in [-0.1, -0.05) is 53.2 Å². The van der Waals surface area contributed by atoms with Gasteiger partial charge in [-0.15, -0.1) is 20.2 Å². The van der Waals surface area contributed by atoms with Crippen LogP contribution in [-0.2, 0) is 65.8 Å². The summed E-state index contributed by atoms with van der Waals surface area (Å²) in [5.74, 6) is -5.83. The van der Waals surface area contributed by atoms with E-state index in [4.69, 9.17) is 9.81 Å². The Balaban J connectivity index is 0.00000925. The molecule has 5 aromatic rings. The van der Waals surface area contributed by atoms with Crippen LogP contribution in [0.4, 0.5) is 34.6 Å². The quantitative estimate of drug-likeness (QED) is 0.00438. The molecule has 0 fully saturated rings. The summed E-state index contributed by atoms with van der Waals surface area (Å²) in [7, 11) is -14.0. The van der Waals surface area contributed by atoms with Gasteiger partial charge >= 0.3 is 39.4 Å². The van der Waals surface area contributed by atoms with Gasteiger partial charge in [0.25, 0.3) is 10.1 Å². The molecule has 0 amide bonds. The zero-order valence-corrected chi connectivity index (χ0v) is 36.9. The van der Waals surface area contributed by atoms with Crippen LogP contribution in [0.5, 0.6) is 5.75 Å². The summed E-state index contributed by atoms with van der Waals surface area (Å²) in [5, 5.41) is 59.4. The zero-order chi connectivity index (χ0) is 46.7. The number of carboxylic acids is 2. The summed E-state index contributed by atoms with van der Waals surface area (Å²) in [5.41, 5.74) is 2.77. The van der Waals surface area contributed by atoms with Crippen molar-refractivity contribution in [2.24, 2.45) is 15.3 Å². The fourth-order valence-corrected chi connectivity index (χ4v) is 7.70. The number of aliphatic carboxylic acids is 1. The van der Waals surface area contributed by atoms with Crippen LogP contribution in [0.2, 0.25) is 0 Å². The number of hydrogen-bond acceptors (Lipinski definition) is 22. The van der Waals surface area contributed by atoms with Gasteiger partial charge < -0.3 is 36.5 Å². The molecule has 4 aromatic carbocycles. The SMILES string of the molecule is O=C(O)CSc1nc(Nc2ccc(S(=O)(=O)CCOS(=O)(=O)O)cc2)nc(Nc2cc(S(=O)(=O)O)cc(N=N/C(=N\[N-]c3cc(SOOO)ccc3C(=O)O)c3ccccc3)c2O)n1.[Cu+]. The third-order valence-electron chi connectivity index (χ3n) is 7.50. The molecular weight excluding hydrogens is 1020 g/mol.